The Labute approximate surface area is 170 Å². The monoisotopic (exact) mass is 358 g/mol. The average Bonchev–Trinajstić information content (AvgIpc) is 2.60. The third-order valence-corrected chi connectivity index (χ3v) is 4.47. The van der Waals surface area contributed by atoms with Crippen LogP contribution < -0.4 is 29.6 Å². The first-order valence-corrected chi connectivity index (χ1v) is 8.80. The minimum atomic E-state index is -4.41. The Kier molecular flexibility index (Phi) is 6.76. The maximum atomic E-state index is 12.0. The molecule has 5 heteroatoms. The van der Waals surface area contributed by atoms with Crippen LogP contribution in [0.3, 0.4) is 0 Å². The van der Waals surface area contributed by atoms with Crippen LogP contribution in [0.5, 0.6) is 0 Å². The summed E-state index contributed by atoms with van der Waals surface area (Å²) >= 11 is 0. The van der Waals surface area contributed by atoms with E-state index in [0.29, 0.717) is 11.1 Å². The molecule has 0 atom stereocenters. The summed E-state index contributed by atoms with van der Waals surface area (Å²) in [6.45, 7) is 0. The maximum Gasteiger partial charge on any atom is 1.00 e. The van der Waals surface area contributed by atoms with Gasteiger partial charge in [0, 0.05) is 0 Å². The topological polar surface area (TPSA) is 54.4 Å². The molecule has 0 radical (unpaired) electrons. The van der Waals surface area contributed by atoms with Crippen molar-refractivity contribution < 1.29 is 42.5 Å². The molecule has 0 aliphatic rings. The molecular weight excluding hydrogens is 343 g/mol. The molecular formula is C20H15NaO3S. The summed E-state index contributed by atoms with van der Waals surface area (Å²) in [7, 11) is -4.41. The van der Waals surface area contributed by atoms with Crippen LogP contribution in [0.2, 0.25) is 0 Å². The Balaban J connectivity index is 0.00000225. The first-order chi connectivity index (χ1) is 11.6. The fraction of sp³-hybridized carbons (Fsp3) is 0. The molecule has 3 rings (SSSR count). The Morgan fingerprint density at radius 3 is 2.16 bits per heavy atom. The predicted octanol–water partition coefficient (Wildman–Crippen LogP) is 1.54. The normalized spacial score (nSPS) is 11.6. The second-order valence-electron chi connectivity index (χ2n) is 5.21. The number of hydrogen-bond acceptors (Lipinski definition) is 2. The van der Waals surface area contributed by atoms with Crippen LogP contribution in [-0.2, 0) is 10.1 Å². The van der Waals surface area contributed by atoms with Crippen LogP contribution in [0.4, 0.5) is 0 Å². The van der Waals surface area contributed by atoms with Crippen molar-refractivity contribution in [2.75, 3.05) is 0 Å². The summed E-state index contributed by atoms with van der Waals surface area (Å²) in [5.74, 6) is 0. The molecule has 0 aliphatic heterocycles. The quantitative estimate of drug-likeness (QED) is 0.333. The van der Waals surface area contributed by atoms with Crippen molar-refractivity contribution in [1.82, 2.24) is 0 Å². The van der Waals surface area contributed by atoms with Gasteiger partial charge in [-0.25, -0.2) is 0 Å². The molecule has 0 saturated carbocycles. The molecule has 0 bridgehead atoms. The van der Waals surface area contributed by atoms with Crippen molar-refractivity contribution in [3.05, 3.63) is 96.1 Å². The molecule has 120 valence electrons. The van der Waals surface area contributed by atoms with Crippen LogP contribution in [-0.4, -0.2) is 13.0 Å². The zero-order valence-corrected chi connectivity index (χ0v) is 16.6. The van der Waals surface area contributed by atoms with Gasteiger partial charge in [0.05, 0.1) is 4.91 Å². The van der Waals surface area contributed by atoms with Gasteiger partial charge in [-0.1, -0.05) is 54.6 Å². The number of benzene rings is 3. The van der Waals surface area contributed by atoms with E-state index in [1.807, 2.05) is 42.5 Å². The van der Waals surface area contributed by atoms with Crippen molar-refractivity contribution in [1.29, 1.82) is 0 Å². The second-order valence-corrected chi connectivity index (χ2v) is 6.60. The smallest absolute Gasteiger partial charge is 0.282 e. The van der Waals surface area contributed by atoms with Gasteiger partial charge in [0.2, 0.25) is 0 Å². The molecule has 1 N–H and O–H groups in total. The predicted molar refractivity (Wildman–Crippen MR) is 96.6 cm³/mol. The largest absolute Gasteiger partial charge is 1.00 e. The molecule has 25 heavy (non-hydrogen) atoms. The van der Waals surface area contributed by atoms with Gasteiger partial charge < -0.3 is 0 Å². The first kappa shape index (κ1) is 19.6. The van der Waals surface area contributed by atoms with E-state index in [1.54, 1.807) is 36.4 Å². The molecule has 0 fully saturated rings. The molecule has 0 aromatic heterocycles. The fourth-order valence-corrected chi connectivity index (χ4v) is 3.23. The van der Waals surface area contributed by atoms with E-state index in [4.69, 9.17) is 0 Å². The van der Waals surface area contributed by atoms with Crippen LogP contribution in [0, 0.1) is 6.07 Å². The molecule has 3 nitrogen and oxygen atoms in total. The van der Waals surface area contributed by atoms with Gasteiger partial charge in [-0.2, -0.15) is 8.42 Å². The number of rotatable bonds is 4. The molecule has 0 unspecified atom stereocenters. The molecule has 0 aliphatic carbocycles. The van der Waals surface area contributed by atoms with E-state index in [9.17, 15) is 13.0 Å². The summed E-state index contributed by atoms with van der Waals surface area (Å²) in [6, 6.07) is 26.5. The summed E-state index contributed by atoms with van der Waals surface area (Å²) < 4.78 is 33.7. The SMILES string of the molecule is O=S(=O)(O)C(=Cc1[c-]cccc1)c1ccccc1-c1ccccc1.[Na+]. The minimum absolute atomic E-state index is 0. The van der Waals surface area contributed by atoms with E-state index in [-0.39, 0.29) is 34.5 Å². The third kappa shape index (κ3) is 4.91. The van der Waals surface area contributed by atoms with E-state index < -0.39 is 10.1 Å². The van der Waals surface area contributed by atoms with Crippen LogP contribution in [0.1, 0.15) is 11.1 Å². The van der Waals surface area contributed by atoms with Crippen molar-refractivity contribution in [2.45, 2.75) is 0 Å². The summed E-state index contributed by atoms with van der Waals surface area (Å²) in [5.41, 5.74) is 2.63. The van der Waals surface area contributed by atoms with Crippen molar-refractivity contribution in [3.63, 3.8) is 0 Å². The van der Waals surface area contributed by atoms with Gasteiger partial charge >= 0.3 is 29.6 Å². The van der Waals surface area contributed by atoms with Crippen molar-refractivity contribution in [2.24, 2.45) is 0 Å². The molecule has 0 spiro atoms. The Morgan fingerprint density at radius 2 is 1.52 bits per heavy atom. The standard InChI is InChI=1S/C20H15O3S.Na/c21-24(22,23)20(15-16-9-3-1-4-10-16)19-14-8-7-13-18(19)17-11-5-2-6-12-17;/h1-9,11-15H,(H,21,22,23);/q-1;+1. The van der Waals surface area contributed by atoms with Crippen LogP contribution >= 0.6 is 0 Å². The molecule has 0 heterocycles. The van der Waals surface area contributed by atoms with Crippen molar-refractivity contribution >= 4 is 21.1 Å². The summed E-state index contributed by atoms with van der Waals surface area (Å²) in [6.07, 6.45) is 1.43. The van der Waals surface area contributed by atoms with Gasteiger partial charge in [-0.3, -0.25) is 4.55 Å². The van der Waals surface area contributed by atoms with E-state index >= 15 is 0 Å². The molecule has 3 aromatic carbocycles. The van der Waals surface area contributed by atoms with E-state index in [1.165, 1.54) is 6.08 Å². The van der Waals surface area contributed by atoms with E-state index in [0.717, 1.165) is 11.1 Å². The Morgan fingerprint density at radius 1 is 0.880 bits per heavy atom. The summed E-state index contributed by atoms with van der Waals surface area (Å²) in [5, 5.41) is 0. The Hall–Kier alpha value is -1.69. The zero-order chi connectivity index (χ0) is 17.0. The summed E-state index contributed by atoms with van der Waals surface area (Å²) in [4.78, 5) is -0.149. The molecule has 3 aromatic rings. The number of hydrogen-bond donors (Lipinski definition) is 1. The van der Waals surface area contributed by atoms with Gasteiger partial charge in [-0.15, -0.1) is 42.0 Å². The Bertz CT molecular complexity index is 966. The maximum absolute atomic E-state index is 12.0. The molecule has 0 saturated heterocycles. The minimum Gasteiger partial charge on any atom is -0.282 e. The average molecular weight is 358 g/mol. The van der Waals surface area contributed by atoms with Gasteiger partial charge in [-0.05, 0) is 16.7 Å². The van der Waals surface area contributed by atoms with E-state index in [2.05, 4.69) is 6.07 Å². The van der Waals surface area contributed by atoms with Crippen LogP contribution in [0.25, 0.3) is 22.1 Å². The first-order valence-electron chi connectivity index (χ1n) is 7.36. The third-order valence-electron chi connectivity index (χ3n) is 3.57. The fourth-order valence-electron chi connectivity index (χ4n) is 2.50. The second kappa shape index (κ2) is 8.61. The van der Waals surface area contributed by atoms with Crippen LogP contribution in [0.15, 0.2) is 78.9 Å². The molecule has 0 amide bonds. The zero-order valence-electron chi connectivity index (χ0n) is 13.8. The van der Waals surface area contributed by atoms with Gasteiger partial charge in [0.15, 0.2) is 0 Å². The van der Waals surface area contributed by atoms with Gasteiger partial charge in [0.25, 0.3) is 10.1 Å². The van der Waals surface area contributed by atoms with Gasteiger partial charge in [0.1, 0.15) is 0 Å². The van der Waals surface area contributed by atoms with Crippen molar-refractivity contribution in [3.8, 4) is 11.1 Å².